The van der Waals surface area contributed by atoms with E-state index in [-0.39, 0.29) is 6.54 Å². The minimum absolute atomic E-state index is 0.0775. The van der Waals surface area contributed by atoms with Crippen LogP contribution in [0.5, 0.6) is 0 Å². The number of nitrogens with zero attached hydrogens (tertiary/aromatic N) is 3. The summed E-state index contributed by atoms with van der Waals surface area (Å²) < 4.78 is 1.76. The molecule has 0 aliphatic carbocycles. The topological polar surface area (TPSA) is 58.4 Å². The van der Waals surface area contributed by atoms with Gasteiger partial charge in [0.1, 0.15) is 6.54 Å². The zero-order valence-corrected chi connectivity index (χ0v) is 12.1. The molecular formula is C14H16ClN3O2. The van der Waals surface area contributed by atoms with Crippen molar-refractivity contribution in [2.75, 3.05) is 11.4 Å². The molecule has 0 bridgehead atoms. The zero-order chi connectivity index (χ0) is 14.7. The van der Waals surface area contributed by atoms with Crippen molar-refractivity contribution in [2.24, 2.45) is 7.05 Å². The molecule has 0 fully saturated rings. The van der Waals surface area contributed by atoms with Crippen molar-refractivity contribution in [3.63, 3.8) is 0 Å². The average molecular weight is 294 g/mol. The molecule has 6 heteroatoms. The lowest BCUT2D eigenvalue weighted by Crippen LogP contribution is -2.30. The SMILES string of the molecule is Cc1cc(CN(CC(=O)O)c2ccc(Cl)cc2)n(C)n1. The molecular weight excluding hydrogens is 278 g/mol. The highest BCUT2D eigenvalue weighted by Crippen LogP contribution is 2.20. The Morgan fingerprint density at radius 1 is 1.40 bits per heavy atom. The number of benzene rings is 1. The third-order valence-corrected chi connectivity index (χ3v) is 3.22. The van der Waals surface area contributed by atoms with Gasteiger partial charge in [0.15, 0.2) is 0 Å². The molecule has 1 aromatic carbocycles. The van der Waals surface area contributed by atoms with Crippen LogP contribution < -0.4 is 4.90 Å². The van der Waals surface area contributed by atoms with Gasteiger partial charge in [-0.2, -0.15) is 5.10 Å². The summed E-state index contributed by atoms with van der Waals surface area (Å²) in [7, 11) is 1.85. The maximum atomic E-state index is 11.0. The number of carbonyl (C=O) groups is 1. The maximum Gasteiger partial charge on any atom is 0.323 e. The molecule has 1 heterocycles. The van der Waals surface area contributed by atoms with Gasteiger partial charge in [0.2, 0.25) is 0 Å². The molecule has 0 aliphatic heterocycles. The van der Waals surface area contributed by atoms with Gasteiger partial charge in [-0.15, -0.1) is 0 Å². The molecule has 0 spiro atoms. The summed E-state index contributed by atoms with van der Waals surface area (Å²) in [6, 6.07) is 9.08. The second-order valence-electron chi connectivity index (χ2n) is 4.63. The Labute approximate surface area is 122 Å². The summed E-state index contributed by atoms with van der Waals surface area (Å²) in [5.74, 6) is -0.876. The van der Waals surface area contributed by atoms with Crippen LogP contribution in [0.15, 0.2) is 30.3 Å². The fraction of sp³-hybridized carbons (Fsp3) is 0.286. The Morgan fingerprint density at radius 2 is 2.05 bits per heavy atom. The van der Waals surface area contributed by atoms with Crippen molar-refractivity contribution in [1.29, 1.82) is 0 Å². The van der Waals surface area contributed by atoms with Crippen molar-refractivity contribution in [2.45, 2.75) is 13.5 Å². The summed E-state index contributed by atoms with van der Waals surface area (Å²) in [5, 5.41) is 14.0. The van der Waals surface area contributed by atoms with Gasteiger partial charge in [-0.25, -0.2) is 0 Å². The number of hydrogen-bond donors (Lipinski definition) is 1. The molecule has 0 atom stereocenters. The second-order valence-corrected chi connectivity index (χ2v) is 5.06. The summed E-state index contributed by atoms with van der Waals surface area (Å²) in [6.45, 7) is 2.31. The first kappa shape index (κ1) is 14.4. The molecule has 2 rings (SSSR count). The number of anilines is 1. The molecule has 0 radical (unpaired) electrons. The van der Waals surface area contributed by atoms with E-state index in [2.05, 4.69) is 5.10 Å². The lowest BCUT2D eigenvalue weighted by atomic mass is 10.2. The number of rotatable bonds is 5. The van der Waals surface area contributed by atoms with Crippen LogP contribution in [0.4, 0.5) is 5.69 Å². The number of aromatic nitrogens is 2. The monoisotopic (exact) mass is 293 g/mol. The molecule has 0 unspecified atom stereocenters. The first-order valence-electron chi connectivity index (χ1n) is 6.17. The van der Waals surface area contributed by atoms with Crippen LogP contribution in [0.2, 0.25) is 5.02 Å². The van der Waals surface area contributed by atoms with Crippen LogP contribution in [0.1, 0.15) is 11.4 Å². The van der Waals surface area contributed by atoms with Crippen molar-refractivity contribution >= 4 is 23.3 Å². The van der Waals surface area contributed by atoms with Gasteiger partial charge >= 0.3 is 5.97 Å². The quantitative estimate of drug-likeness (QED) is 0.920. The fourth-order valence-electron chi connectivity index (χ4n) is 2.06. The lowest BCUT2D eigenvalue weighted by molar-refractivity contribution is -0.135. The van der Waals surface area contributed by atoms with Crippen molar-refractivity contribution in [3.8, 4) is 0 Å². The van der Waals surface area contributed by atoms with Gasteiger partial charge in [-0.05, 0) is 37.3 Å². The fourth-order valence-corrected chi connectivity index (χ4v) is 2.19. The van der Waals surface area contributed by atoms with E-state index in [9.17, 15) is 4.79 Å². The molecule has 1 aromatic heterocycles. The number of halogens is 1. The summed E-state index contributed by atoms with van der Waals surface area (Å²) in [6.07, 6.45) is 0. The van der Waals surface area contributed by atoms with Crippen LogP contribution >= 0.6 is 11.6 Å². The van der Waals surface area contributed by atoms with Crippen LogP contribution in [0, 0.1) is 6.92 Å². The zero-order valence-electron chi connectivity index (χ0n) is 11.4. The van der Waals surface area contributed by atoms with E-state index in [4.69, 9.17) is 16.7 Å². The number of aryl methyl sites for hydroxylation is 2. The normalized spacial score (nSPS) is 10.6. The van der Waals surface area contributed by atoms with Crippen LogP contribution in [-0.4, -0.2) is 27.4 Å². The Kier molecular flexibility index (Phi) is 4.29. The third-order valence-electron chi connectivity index (χ3n) is 2.97. The van der Waals surface area contributed by atoms with Gasteiger partial charge in [0, 0.05) is 17.8 Å². The van der Waals surface area contributed by atoms with Crippen LogP contribution in [0.3, 0.4) is 0 Å². The van der Waals surface area contributed by atoms with E-state index in [1.54, 1.807) is 21.7 Å². The van der Waals surface area contributed by atoms with Gasteiger partial charge in [-0.3, -0.25) is 9.48 Å². The van der Waals surface area contributed by atoms with Gasteiger partial charge < -0.3 is 10.0 Å². The Morgan fingerprint density at radius 3 is 2.55 bits per heavy atom. The van der Waals surface area contributed by atoms with Crippen LogP contribution in [0.25, 0.3) is 0 Å². The summed E-state index contributed by atoms with van der Waals surface area (Å²) in [4.78, 5) is 12.8. The first-order valence-corrected chi connectivity index (χ1v) is 6.55. The minimum Gasteiger partial charge on any atom is -0.480 e. The molecule has 0 amide bonds. The van der Waals surface area contributed by atoms with E-state index in [0.29, 0.717) is 11.6 Å². The largest absolute Gasteiger partial charge is 0.480 e. The van der Waals surface area contributed by atoms with E-state index < -0.39 is 5.97 Å². The molecule has 2 aromatic rings. The maximum absolute atomic E-state index is 11.0. The van der Waals surface area contributed by atoms with Crippen LogP contribution in [-0.2, 0) is 18.4 Å². The van der Waals surface area contributed by atoms with Gasteiger partial charge in [0.05, 0.1) is 17.9 Å². The van der Waals surface area contributed by atoms with E-state index in [1.165, 1.54) is 0 Å². The van der Waals surface area contributed by atoms with E-state index in [0.717, 1.165) is 17.1 Å². The Balaban J connectivity index is 2.25. The first-order chi connectivity index (χ1) is 9.45. The third kappa shape index (κ3) is 3.51. The van der Waals surface area contributed by atoms with Gasteiger partial charge in [-0.1, -0.05) is 11.6 Å². The second kappa shape index (κ2) is 5.96. The van der Waals surface area contributed by atoms with Crippen molar-refractivity contribution in [3.05, 3.63) is 46.7 Å². The molecule has 5 nitrogen and oxygen atoms in total. The molecule has 0 aliphatic rings. The molecule has 20 heavy (non-hydrogen) atoms. The molecule has 1 N–H and O–H groups in total. The number of aliphatic carboxylic acids is 1. The minimum atomic E-state index is -0.876. The number of carboxylic acid groups (broad SMARTS) is 1. The average Bonchev–Trinajstić information content (AvgIpc) is 2.67. The Hall–Kier alpha value is -2.01. The summed E-state index contributed by atoms with van der Waals surface area (Å²) >= 11 is 5.86. The summed E-state index contributed by atoms with van der Waals surface area (Å²) in [5.41, 5.74) is 2.68. The molecule has 0 saturated heterocycles. The van der Waals surface area contributed by atoms with Gasteiger partial charge in [0.25, 0.3) is 0 Å². The van der Waals surface area contributed by atoms with E-state index >= 15 is 0 Å². The highest BCUT2D eigenvalue weighted by atomic mass is 35.5. The smallest absolute Gasteiger partial charge is 0.323 e. The lowest BCUT2D eigenvalue weighted by Gasteiger charge is -2.22. The Bertz CT molecular complexity index is 607. The van der Waals surface area contributed by atoms with E-state index in [1.807, 2.05) is 32.2 Å². The van der Waals surface area contributed by atoms with Crippen molar-refractivity contribution in [1.82, 2.24) is 9.78 Å². The highest BCUT2D eigenvalue weighted by molar-refractivity contribution is 6.30. The number of carboxylic acids is 1. The molecule has 0 saturated carbocycles. The number of hydrogen-bond acceptors (Lipinski definition) is 3. The standard InChI is InChI=1S/C14H16ClN3O2/c1-10-7-13(17(2)16-10)8-18(9-14(19)20)12-5-3-11(15)4-6-12/h3-7H,8-9H2,1-2H3,(H,19,20). The molecule has 106 valence electrons. The predicted octanol–water partition coefficient (Wildman–Crippen LogP) is 2.47. The predicted molar refractivity (Wildman–Crippen MR) is 78.1 cm³/mol. The van der Waals surface area contributed by atoms with Crippen molar-refractivity contribution < 1.29 is 9.90 Å². The highest BCUT2D eigenvalue weighted by Gasteiger charge is 2.14.